The molecule has 2 heterocycles. The summed E-state index contributed by atoms with van der Waals surface area (Å²) in [4.78, 5) is 16.5. The molecule has 2 saturated heterocycles. The second kappa shape index (κ2) is 6.02. The molecule has 1 N–H and O–H groups in total. The number of carbonyl (C=O) groups excluding carboxylic acids is 1. The van der Waals surface area contributed by atoms with Gasteiger partial charge in [0.05, 0.1) is 6.04 Å². The molecule has 0 aliphatic carbocycles. The van der Waals surface area contributed by atoms with Crippen molar-refractivity contribution >= 4 is 5.91 Å². The van der Waals surface area contributed by atoms with Crippen LogP contribution < -0.4 is 5.32 Å². The van der Waals surface area contributed by atoms with Crippen molar-refractivity contribution in [1.29, 1.82) is 0 Å². The van der Waals surface area contributed by atoms with Crippen LogP contribution in [0.15, 0.2) is 0 Å². The Kier molecular flexibility index (Phi) is 4.62. The maximum Gasteiger partial charge on any atom is 0.239 e. The molecule has 2 aliphatic rings. The summed E-state index contributed by atoms with van der Waals surface area (Å²) in [6.45, 7) is 7.40. The largest absolute Gasteiger partial charge is 0.344 e. The fraction of sp³-hybridized carbons (Fsp3) is 0.929. The van der Waals surface area contributed by atoms with Crippen LogP contribution in [-0.2, 0) is 4.79 Å². The van der Waals surface area contributed by atoms with E-state index in [0.29, 0.717) is 18.0 Å². The van der Waals surface area contributed by atoms with Crippen LogP contribution in [0.2, 0.25) is 0 Å². The smallest absolute Gasteiger partial charge is 0.239 e. The lowest BCUT2D eigenvalue weighted by Crippen LogP contribution is -2.53. The molecule has 0 radical (unpaired) electrons. The van der Waals surface area contributed by atoms with Gasteiger partial charge in [0.25, 0.3) is 0 Å². The van der Waals surface area contributed by atoms with Crippen LogP contribution in [0.4, 0.5) is 0 Å². The summed E-state index contributed by atoms with van der Waals surface area (Å²) in [5, 5.41) is 3.53. The van der Waals surface area contributed by atoms with Crippen LogP contribution in [-0.4, -0.2) is 60.5 Å². The van der Waals surface area contributed by atoms with E-state index in [2.05, 4.69) is 24.1 Å². The van der Waals surface area contributed by atoms with Crippen LogP contribution in [0.3, 0.4) is 0 Å². The van der Waals surface area contributed by atoms with Gasteiger partial charge in [-0.3, -0.25) is 9.69 Å². The number of hydrogen-bond acceptors (Lipinski definition) is 3. The molecule has 2 aliphatic heterocycles. The zero-order valence-electron chi connectivity index (χ0n) is 12.0. The number of likely N-dealkylation sites (N-methyl/N-ethyl adjacent to an activating group) is 1. The number of rotatable bonds is 4. The summed E-state index contributed by atoms with van der Waals surface area (Å²) >= 11 is 0. The van der Waals surface area contributed by atoms with Gasteiger partial charge >= 0.3 is 0 Å². The summed E-state index contributed by atoms with van der Waals surface area (Å²) in [5.41, 5.74) is 0. The Morgan fingerprint density at radius 1 is 1.28 bits per heavy atom. The van der Waals surface area contributed by atoms with E-state index >= 15 is 0 Å². The highest BCUT2D eigenvalue weighted by Gasteiger charge is 2.38. The van der Waals surface area contributed by atoms with Crippen molar-refractivity contribution in [2.24, 2.45) is 0 Å². The molecule has 0 aromatic heterocycles. The Bertz CT molecular complexity index is 293. The van der Waals surface area contributed by atoms with Gasteiger partial charge in [0.15, 0.2) is 0 Å². The fourth-order valence-corrected chi connectivity index (χ4v) is 3.14. The summed E-state index contributed by atoms with van der Waals surface area (Å²) in [7, 11) is 1.92. The van der Waals surface area contributed by atoms with Crippen molar-refractivity contribution in [2.75, 3.05) is 26.7 Å². The Morgan fingerprint density at radius 2 is 2.06 bits per heavy atom. The van der Waals surface area contributed by atoms with E-state index in [4.69, 9.17) is 0 Å². The van der Waals surface area contributed by atoms with Crippen LogP contribution in [0.25, 0.3) is 0 Å². The molecular weight excluding hydrogens is 226 g/mol. The molecule has 1 amide bonds. The van der Waals surface area contributed by atoms with E-state index in [-0.39, 0.29) is 6.04 Å². The molecule has 0 saturated carbocycles. The normalized spacial score (nSPS) is 30.4. The van der Waals surface area contributed by atoms with Gasteiger partial charge < -0.3 is 10.2 Å². The molecule has 0 spiro atoms. The summed E-state index contributed by atoms with van der Waals surface area (Å²) in [5.74, 6) is 0.325. The molecule has 2 rings (SSSR count). The molecule has 2 unspecified atom stereocenters. The first-order valence-corrected chi connectivity index (χ1v) is 7.33. The first-order chi connectivity index (χ1) is 8.59. The summed E-state index contributed by atoms with van der Waals surface area (Å²) in [6.07, 6.45) is 4.78. The molecule has 2 fully saturated rings. The monoisotopic (exact) mass is 253 g/mol. The lowest BCUT2D eigenvalue weighted by molar-refractivity contribution is -0.132. The maximum absolute atomic E-state index is 12.2. The number of nitrogens with zero attached hydrogens (tertiary/aromatic N) is 2. The average Bonchev–Trinajstić information content (AvgIpc) is 2.68. The SMILES string of the molecule is CC(C)NCC1CCCCN1C1CCN(C)C1=O. The number of nitrogens with one attached hydrogen (secondary N) is 1. The van der Waals surface area contributed by atoms with E-state index in [0.717, 1.165) is 26.1 Å². The van der Waals surface area contributed by atoms with E-state index in [1.54, 1.807) is 0 Å². The first-order valence-electron chi connectivity index (χ1n) is 7.33. The molecular formula is C14H27N3O. The minimum Gasteiger partial charge on any atom is -0.344 e. The Balaban J connectivity index is 1.97. The second-order valence-corrected chi connectivity index (χ2v) is 6.01. The van der Waals surface area contributed by atoms with E-state index in [1.165, 1.54) is 19.3 Å². The third-order valence-electron chi connectivity index (χ3n) is 4.23. The van der Waals surface area contributed by atoms with Gasteiger partial charge in [0.2, 0.25) is 5.91 Å². The number of hydrogen-bond donors (Lipinski definition) is 1. The highest BCUT2D eigenvalue weighted by Crippen LogP contribution is 2.24. The molecule has 0 aromatic rings. The maximum atomic E-state index is 12.2. The highest BCUT2D eigenvalue weighted by molar-refractivity contribution is 5.83. The summed E-state index contributed by atoms with van der Waals surface area (Å²) in [6, 6.07) is 1.21. The van der Waals surface area contributed by atoms with Gasteiger partial charge in [-0.05, 0) is 25.8 Å². The van der Waals surface area contributed by atoms with Gasteiger partial charge in [0.1, 0.15) is 0 Å². The van der Waals surface area contributed by atoms with E-state index in [1.807, 2.05) is 11.9 Å². The molecule has 18 heavy (non-hydrogen) atoms. The third-order valence-corrected chi connectivity index (χ3v) is 4.23. The summed E-state index contributed by atoms with van der Waals surface area (Å²) < 4.78 is 0. The number of carbonyl (C=O) groups is 1. The Labute approximate surface area is 111 Å². The second-order valence-electron chi connectivity index (χ2n) is 6.01. The van der Waals surface area contributed by atoms with E-state index in [9.17, 15) is 4.79 Å². The zero-order valence-corrected chi connectivity index (χ0v) is 12.0. The van der Waals surface area contributed by atoms with Gasteiger partial charge in [0, 0.05) is 32.2 Å². The fourth-order valence-electron chi connectivity index (χ4n) is 3.14. The van der Waals surface area contributed by atoms with Gasteiger partial charge in [-0.2, -0.15) is 0 Å². The van der Waals surface area contributed by atoms with Gasteiger partial charge in [-0.25, -0.2) is 0 Å². The van der Waals surface area contributed by atoms with Crippen LogP contribution in [0.1, 0.15) is 39.5 Å². The predicted molar refractivity (Wildman–Crippen MR) is 73.5 cm³/mol. The highest BCUT2D eigenvalue weighted by atomic mass is 16.2. The third kappa shape index (κ3) is 3.04. The number of amides is 1. The van der Waals surface area contributed by atoms with Crippen molar-refractivity contribution in [3.8, 4) is 0 Å². The topological polar surface area (TPSA) is 35.6 Å². The van der Waals surface area contributed by atoms with Gasteiger partial charge in [-0.1, -0.05) is 20.3 Å². The lowest BCUT2D eigenvalue weighted by Gasteiger charge is -2.39. The van der Waals surface area contributed by atoms with E-state index < -0.39 is 0 Å². The minimum absolute atomic E-state index is 0.147. The molecule has 104 valence electrons. The van der Waals surface area contributed by atoms with Gasteiger partial charge in [-0.15, -0.1) is 0 Å². The van der Waals surface area contributed by atoms with Crippen molar-refractivity contribution in [3.05, 3.63) is 0 Å². The van der Waals surface area contributed by atoms with Crippen molar-refractivity contribution in [2.45, 2.75) is 57.7 Å². The number of piperidine rings is 1. The quantitative estimate of drug-likeness (QED) is 0.814. The molecule has 2 atom stereocenters. The lowest BCUT2D eigenvalue weighted by atomic mass is 9.98. The van der Waals surface area contributed by atoms with Crippen molar-refractivity contribution in [1.82, 2.24) is 15.1 Å². The first kappa shape index (κ1) is 13.8. The molecule has 4 nitrogen and oxygen atoms in total. The average molecular weight is 253 g/mol. The van der Waals surface area contributed by atoms with Crippen LogP contribution >= 0.6 is 0 Å². The molecule has 0 aromatic carbocycles. The van der Waals surface area contributed by atoms with Crippen molar-refractivity contribution < 1.29 is 4.79 Å². The Hall–Kier alpha value is -0.610. The standard InChI is InChI=1S/C14H27N3O/c1-11(2)15-10-12-6-4-5-8-17(12)13-7-9-16(3)14(13)18/h11-13,15H,4-10H2,1-3H3. The molecule has 4 heteroatoms. The predicted octanol–water partition coefficient (Wildman–Crippen LogP) is 1.07. The Morgan fingerprint density at radius 3 is 2.67 bits per heavy atom. The zero-order chi connectivity index (χ0) is 13.1. The van der Waals surface area contributed by atoms with Crippen LogP contribution in [0.5, 0.6) is 0 Å². The van der Waals surface area contributed by atoms with Crippen molar-refractivity contribution in [3.63, 3.8) is 0 Å². The number of likely N-dealkylation sites (tertiary alicyclic amines) is 2. The minimum atomic E-state index is 0.147. The molecule has 0 bridgehead atoms. The van der Waals surface area contributed by atoms with Crippen LogP contribution in [0, 0.1) is 0 Å².